The highest BCUT2D eigenvalue weighted by molar-refractivity contribution is 8.00. The summed E-state index contributed by atoms with van der Waals surface area (Å²) in [4.78, 5) is 42.0. The second-order valence-electron chi connectivity index (χ2n) is 5.42. The number of esters is 1. The first kappa shape index (κ1) is 21.4. The molecular formula is C17H17F2N3O5S. The second-order valence-corrected chi connectivity index (χ2v) is 6.75. The van der Waals surface area contributed by atoms with Gasteiger partial charge in [-0.3, -0.25) is 14.4 Å². The lowest BCUT2D eigenvalue weighted by molar-refractivity contribution is -0.139. The molecule has 1 aromatic carbocycles. The smallest absolute Gasteiger partial charge is 0.387 e. The Morgan fingerprint density at radius 2 is 2.04 bits per heavy atom. The number of amides is 1. The zero-order valence-corrected chi connectivity index (χ0v) is 15.7. The van der Waals surface area contributed by atoms with Gasteiger partial charge in [0, 0.05) is 6.07 Å². The monoisotopic (exact) mass is 413 g/mol. The van der Waals surface area contributed by atoms with Gasteiger partial charge in [-0.05, 0) is 19.1 Å². The SMILES string of the molecule is COC(=O)Cc1cc(=O)[nH]c(S[C@@H](C)C(=O)Nc2ccccc2OC(F)F)n1. The van der Waals surface area contributed by atoms with E-state index in [1.165, 1.54) is 25.3 Å². The van der Waals surface area contributed by atoms with Crippen LogP contribution >= 0.6 is 11.8 Å². The quantitative estimate of drug-likeness (QED) is 0.388. The molecule has 150 valence electrons. The first-order valence-corrected chi connectivity index (χ1v) is 8.85. The van der Waals surface area contributed by atoms with E-state index in [0.29, 0.717) is 0 Å². The fraction of sp³-hybridized carbons (Fsp3) is 0.294. The number of aromatic amines is 1. The van der Waals surface area contributed by atoms with E-state index in [4.69, 9.17) is 0 Å². The van der Waals surface area contributed by atoms with Crippen molar-refractivity contribution in [2.75, 3.05) is 12.4 Å². The van der Waals surface area contributed by atoms with Crippen LogP contribution in [-0.4, -0.2) is 40.8 Å². The van der Waals surface area contributed by atoms with Crippen molar-refractivity contribution in [2.24, 2.45) is 0 Å². The maximum absolute atomic E-state index is 12.5. The number of aromatic nitrogens is 2. The van der Waals surface area contributed by atoms with Gasteiger partial charge in [-0.15, -0.1) is 0 Å². The molecule has 0 spiro atoms. The van der Waals surface area contributed by atoms with Gasteiger partial charge in [0.2, 0.25) is 5.91 Å². The number of methoxy groups -OCH3 is 1. The number of halogens is 2. The molecule has 1 amide bonds. The lowest BCUT2D eigenvalue weighted by Crippen LogP contribution is -2.24. The summed E-state index contributed by atoms with van der Waals surface area (Å²) in [6.07, 6.45) is -0.188. The second kappa shape index (κ2) is 9.83. The molecule has 0 radical (unpaired) electrons. The van der Waals surface area contributed by atoms with Crippen LogP contribution in [-0.2, 0) is 20.7 Å². The van der Waals surface area contributed by atoms with Crippen molar-refractivity contribution >= 4 is 29.3 Å². The van der Waals surface area contributed by atoms with Gasteiger partial charge >= 0.3 is 12.6 Å². The van der Waals surface area contributed by atoms with Gasteiger partial charge in [-0.1, -0.05) is 23.9 Å². The highest BCUT2D eigenvalue weighted by Gasteiger charge is 2.19. The Balaban J connectivity index is 2.09. The number of benzene rings is 1. The third-order valence-electron chi connectivity index (χ3n) is 3.34. The Morgan fingerprint density at radius 1 is 1.32 bits per heavy atom. The average molecular weight is 413 g/mol. The topological polar surface area (TPSA) is 110 Å². The van der Waals surface area contributed by atoms with Crippen LogP contribution in [0.25, 0.3) is 0 Å². The van der Waals surface area contributed by atoms with E-state index in [1.807, 2.05) is 0 Å². The molecule has 0 saturated carbocycles. The minimum absolute atomic E-state index is 0.0844. The predicted molar refractivity (Wildman–Crippen MR) is 97.6 cm³/mol. The molecule has 0 unspecified atom stereocenters. The van der Waals surface area contributed by atoms with Crippen molar-refractivity contribution in [1.82, 2.24) is 9.97 Å². The number of anilines is 1. The standard InChI is InChI=1S/C17H17F2N3O5S/c1-9(15(25)21-11-5-3-4-6-12(11)27-16(18)19)28-17-20-10(7-13(23)22-17)8-14(24)26-2/h3-7,9,16H,8H2,1-2H3,(H,21,25)(H,20,22,23)/t9-/m0/s1. The van der Waals surface area contributed by atoms with Gasteiger partial charge in [-0.2, -0.15) is 8.78 Å². The van der Waals surface area contributed by atoms with E-state index in [9.17, 15) is 23.2 Å². The molecule has 11 heteroatoms. The summed E-state index contributed by atoms with van der Waals surface area (Å²) in [5.74, 6) is -1.25. The van der Waals surface area contributed by atoms with Crippen LogP contribution < -0.4 is 15.6 Å². The average Bonchev–Trinajstić information content (AvgIpc) is 2.62. The summed E-state index contributed by atoms with van der Waals surface area (Å²) in [5.41, 5.74) is -0.206. The Bertz CT molecular complexity index is 906. The van der Waals surface area contributed by atoms with Gasteiger partial charge in [0.25, 0.3) is 5.56 Å². The summed E-state index contributed by atoms with van der Waals surface area (Å²) in [6, 6.07) is 6.93. The minimum Gasteiger partial charge on any atom is -0.469 e. The first-order valence-electron chi connectivity index (χ1n) is 7.97. The molecule has 1 aromatic heterocycles. The maximum Gasteiger partial charge on any atom is 0.387 e. The number of carbonyl (C=O) groups is 2. The van der Waals surface area contributed by atoms with Gasteiger partial charge < -0.3 is 19.8 Å². The number of thioether (sulfide) groups is 1. The number of nitrogens with zero attached hydrogens (tertiary/aromatic N) is 1. The van der Waals surface area contributed by atoms with Crippen molar-refractivity contribution in [3.63, 3.8) is 0 Å². The molecule has 2 rings (SSSR count). The Labute approximate surface area is 162 Å². The molecule has 28 heavy (non-hydrogen) atoms. The van der Waals surface area contributed by atoms with E-state index < -0.39 is 29.3 Å². The highest BCUT2D eigenvalue weighted by Crippen LogP contribution is 2.27. The lowest BCUT2D eigenvalue weighted by atomic mass is 10.3. The zero-order valence-electron chi connectivity index (χ0n) is 14.9. The fourth-order valence-corrected chi connectivity index (χ4v) is 2.90. The van der Waals surface area contributed by atoms with Crippen LogP contribution in [0.4, 0.5) is 14.5 Å². The highest BCUT2D eigenvalue weighted by atomic mass is 32.2. The number of ether oxygens (including phenoxy) is 2. The third kappa shape index (κ3) is 6.34. The van der Waals surface area contributed by atoms with Crippen molar-refractivity contribution in [3.8, 4) is 5.75 Å². The molecule has 1 atom stereocenters. The van der Waals surface area contributed by atoms with E-state index in [2.05, 4.69) is 24.8 Å². The molecule has 0 bridgehead atoms. The fourth-order valence-electron chi connectivity index (χ4n) is 2.07. The van der Waals surface area contributed by atoms with Crippen molar-refractivity contribution in [3.05, 3.63) is 46.4 Å². The molecule has 0 aliphatic carbocycles. The maximum atomic E-state index is 12.5. The summed E-state index contributed by atoms with van der Waals surface area (Å²) < 4.78 is 33.8. The van der Waals surface area contributed by atoms with Crippen molar-refractivity contribution in [1.29, 1.82) is 0 Å². The van der Waals surface area contributed by atoms with Crippen molar-refractivity contribution < 1.29 is 27.8 Å². The van der Waals surface area contributed by atoms with Crippen LogP contribution in [0.3, 0.4) is 0 Å². The lowest BCUT2D eigenvalue weighted by Gasteiger charge is -2.14. The predicted octanol–water partition coefficient (Wildman–Crippen LogP) is 2.21. The summed E-state index contributed by atoms with van der Waals surface area (Å²) in [6.45, 7) is -1.49. The number of carbonyl (C=O) groups excluding carboxylic acids is 2. The number of rotatable bonds is 8. The number of nitrogens with one attached hydrogen (secondary N) is 2. The van der Waals surface area contributed by atoms with Crippen LogP contribution in [0.2, 0.25) is 0 Å². The van der Waals surface area contributed by atoms with Crippen LogP contribution in [0.15, 0.2) is 40.3 Å². The summed E-state index contributed by atoms with van der Waals surface area (Å²) in [5, 5.41) is 1.89. The molecule has 0 saturated heterocycles. The van der Waals surface area contributed by atoms with Gasteiger partial charge in [0.15, 0.2) is 5.16 Å². The normalized spacial score (nSPS) is 11.8. The Morgan fingerprint density at radius 3 is 2.71 bits per heavy atom. The first-order chi connectivity index (χ1) is 13.3. The minimum atomic E-state index is -3.03. The molecule has 1 heterocycles. The molecule has 0 fully saturated rings. The van der Waals surface area contributed by atoms with E-state index in [0.717, 1.165) is 17.8 Å². The Kier molecular flexibility index (Phi) is 7.50. The van der Waals surface area contributed by atoms with Gasteiger partial charge in [0.05, 0.1) is 30.2 Å². The third-order valence-corrected chi connectivity index (χ3v) is 4.33. The molecular weight excluding hydrogens is 396 g/mol. The number of hydrogen-bond donors (Lipinski definition) is 2. The van der Waals surface area contributed by atoms with E-state index in [1.54, 1.807) is 13.0 Å². The van der Waals surface area contributed by atoms with Gasteiger partial charge in [0.1, 0.15) is 5.75 Å². The molecule has 2 aromatic rings. The number of alkyl halides is 2. The van der Waals surface area contributed by atoms with E-state index >= 15 is 0 Å². The molecule has 8 nitrogen and oxygen atoms in total. The number of H-pyrrole nitrogens is 1. The molecule has 0 aliphatic rings. The molecule has 2 N–H and O–H groups in total. The summed E-state index contributed by atoms with van der Waals surface area (Å²) >= 11 is 0.934. The van der Waals surface area contributed by atoms with Crippen molar-refractivity contribution in [2.45, 2.75) is 30.4 Å². The Hall–Kier alpha value is -2.95. The molecule has 0 aliphatic heterocycles. The number of para-hydroxylation sites is 2. The van der Waals surface area contributed by atoms with Crippen LogP contribution in [0.5, 0.6) is 5.75 Å². The van der Waals surface area contributed by atoms with Crippen LogP contribution in [0, 0.1) is 0 Å². The van der Waals surface area contributed by atoms with Crippen LogP contribution in [0.1, 0.15) is 12.6 Å². The van der Waals surface area contributed by atoms with Gasteiger partial charge in [-0.25, -0.2) is 4.98 Å². The summed E-state index contributed by atoms with van der Waals surface area (Å²) in [7, 11) is 1.22. The zero-order chi connectivity index (χ0) is 20.7. The van der Waals surface area contributed by atoms with E-state index in [-0.39, 0.29) is 28.7 Å². The number of hydrogen-bond acceptors (Lipinski definition) is 7. The largest absolute Gasteiger partial charge is 0.469 e.